The smallest absolute Gasteiger partial charge is 0.320 e. The van der Waals surface area contributed by atoms with Gasteiger partial charge in [0.15, 0.2) is 0 Å². The van der Waals surface area contributed by atoms with Crippen LogP contribution >= 0.6 is 34.8 Å². The molecule has 160 valence electrons. The van der Waals surface area contributed by atoms with Gasteiger partial charge in [-0.3, -0.25) is 4.90 Å². The molecule has 2 aromatic carbocycles. The molecule has 2 fully saturated rings. The van der Waals surface area contributed by atoms with Gasteiger partial charge in [-0.15, -0.1) is 0 Å². The van der Waals surface area contributed by atoms with E-state index in [9.17, 15) is 4.79 Å². The molecule has 2 saturated heterocycles. The lowest BCUT2D eigenvalue weighted by molar-refractivity contribution is 0.0359. The van der Waals surface area contributed by atoms with Gasteiger partial charge in [-0.1, -0.05) is 53.0 Å². The van der Waals surface area contributed by atoms with Crippen molar-refractivity contribution >= 4 is 40.8 Å². The number of carbonyl (C=O) groups is 1. The Morgan fingerprint density at radius 3 is 2.03 bits per heavy atom. The first kappa shape index (κ1) is 21.7. The van der Waals surface area contributed by atoms with Gasteiger partial charge in [-0.2, -0.15) is 0 Å². The second kappa shape index (κ2) is 9.75. The number of rotatable bonds is 3. The molecule has 2 amide bonds. The van der Waals surface area contributed by atoms with Crippen LogP contribution < -0.4 is 0 Å². The van der Waals surface area contributed by atoms with E-state index in [1.807, 2.05) is 46.2 Å². The number of hydrogen-bond acceptors (Lipinski definition) is 3. The minimum Gasteiger partial charge on any atom is -0.378 e. The Kier molecular flexibility index (Phi) is 7.06. The highest BCUT2D eigenvalue weighted by molar-refractivity contribution is 6.35. The molecule has 2 aromatic rings. The summed E-state index contributed by atoms with van der Waals surface area (Å²) in [7, 11) is 0. The summed E-state index contributed by atoms with van der Waals surface area (Å²) in [4.78, 5) is 19.0. The topological polar surface area (TPSA) is 36.0 Å². The monoisotopic (exact) mass is 467 g/mol. The third kappa shape index (κ3) is 4.87. The van der Waals surface area contributed by atoms with Crippen molar-refractivity contribution < 1.29 is 9.53 Å². The van der Waals surface area contributed by atoms with E-state index in [0.717, 1.165) is 24.2 Å². The summed E-state index contributed by atoms with van der Waals surface area (Å²) in [6.07, 6.45) is 0. The molecule has 8 heteroatoms. The lowest BCUT2D eigenvalue weighted by Crippen LogP contribution is -2.55. The van der Waals surface area contributed by atoms with Gasteiger partial charge in [0.05, 0.1) is 19.3 Å². The zero-order valence-electron chi connectivity index (χ0n) is 16.6. The molecule has 1 unspecified atom stereocenters. The standard InChI is InChI=1S/C22H24Cl3N3O2/c23-17-3-1-16(2-4-17)21(19-6-5-18(24)15-20(19)25)26-7-9-27(10-8-26)22(29)28-11-13-30-14-12-28/h1-6,15,21H,7-14H2. The Morgan fingerprint density at radius 2 is 1.40 bits per heavy atom. The van der Waals surface area contributed by atoms with E-state index in [0.29, 0.717) is 54.5 Å². The fourth-order valence-electron chi connectivity index (χ4n) is 4.08. The van der Waals surface area contributed by atoms with E-state index in [4.69, 9.17) is 39.5 Å². The van der Waals surface area contributed by atoms with Crippen LogP contribution in [0.5, 0.6) is 0 Å². The normalized spacial score (nSPS) is 19.0. The van der Waals surface area contributed by atoms with Crippen molar-refractivity contribution in [2.75, 3.05) is 52.5 Å². The van der Waals surface area contributed by atoms with Crippen LogP contribution in [0.3, 0.4) is 0 Å². The van der Waals surface area contributed by atoms with Crippen LogP contribution in [0.1, 0.15) is 17.2 Å². The molecule has 0 bridgehead atoms. The molecule has 4 rings (SSSR count). The average molecular weight is 469 g/mol. The molecule has 2 aliphatic rings. The van der Waals surface area contributed by atoms with Crippen molar-refractivity contribution in [3.63, 3.8) is 0 Å². The third-order valence-electron chi connectivity index (χ3n) is 5.67. The molecule has 2 aliphatic heterocycles. The average Bonchev–Trinajstić information content (AvgIpc) is 2.77. The largest absolute Gasteiger partial charge is 0.378 e. The van der Waals surface area contributed by atoms with Gasteiger partial charge >= 0.3 is 6.03 Å². The van der Waals surface area contributed by atoms with Gasteiger partial charge in [-0.05, 0) is 35.4 Å². The molecule has 2 heterocycles. The predicted molar refractivity (Wildman–Crippen MR) is 121 cm³/mol. The van der Waals surface area contributed by atoms with Crippen molar-refractivity contribution in [2.24, 2.45) is 0 Å². The molecule has 30 heavy (non-hydrogen) atoms. The van der Waals surface area contributed by atoms with Gasteiger partial charge in [0.2, 0.25) is 0 Å². The Labute approximate surface area is 192 Å². The Hall–Kier alpha value is -1.50. The molecule has 0 spiro atoms. The molecular formula is C22H24Cl3N3O2. The van der Waals surface area contributed by atoms with Gasteiger partial charge in [0.1, 0.15) is 0 Å². The summed E-state index contributed by atoms with van der Waals surface area (Å²) in [5.74, 6) is 0. The van der Waals surface area contributed by atoms with Crippen LogP contribution in [0.4, 0.5) is 4.79 Å². The first-order valence-corrected chi connectivity index (χ1v) is 11.2. The van der Waals surface area contributed by atoms with Crippen LogP contribution in [-0.4, -0.2) is 73.2 Å². The zero-order valence-corrected chi connectivity index (χ0v) is 18.8. The summed E-state index contributed by atoms with van der Waals surface area (Å²) in [5.41, 5.74) is 2.10. The van der Waals surface area contributed by atoms with E-state index in [2.05, 4.69) is 4.90 Å². The van der Waals surface area contributed by atoms with Gasteiger partial charge in [0, 0.05) is 54.3 Å². The Balaban J connectivity index is 1.53. The summed E-state index contributed by atoms with van der Waals surface area (Å²) >= 11 is 18.8. The number of piperazine rings is 1. The molecule has 1 atom stereocenters. The minimum atomic E-state index is -0.0346. The maximum atomic E-state index is 12.8. The van der Waals surface area contributed by atoms with Crippen molar-refractivity contribution in [2.45, 2.75) is 6.04 Å². The lowest BCUT2D eigenvalue weighted by atomic mass is 9.96. The number of ether oxygens (including phenoxy) is 1. The second-order valence-corrected chi connectivity index (χ2v) is 8.81. The number of morpholine rings is 1. The van der Waals surface area contributed by atoms with Crippen molar-refractivity contribution in [1.82, 2.24) is 14.7 Å². The van der Waals surface area contributed by atoms with Crippen LogP contribution in [-0.2, 0) is 4.74 Å². The number of hydrogen-bond donors (Lipinski definition) is 0. The van der Waals surface area contributed by atoms with Gasteiger partial charge < -0.3 is 14.5 Å². The highest BCUT2D eigenvalue weighted by atomic mass is 35.5. The molecule has 0 N–H and O–H groups in total. The molecule has 0 aliphatic carbocycles. The number of amides is 2. The maximum absolute atomic E-state index is 12.8. The number of carbonyl (C=O) groups excluding carboxylic acids is 1. The van der Waals surface area contributed by atoms with Crippen LogP contribution in [0.25, 0.3) is 0 Å². The van der Waals surface area contributed by atoms with Crippen LogP contribution in [0, 0.1) is 0 Å². The predicted octanol–water partition coefficient (Wildman–Crippen LogP) is 4.81. The molecule has 5 nitrogen and oxygen atoms in total. The van der Waals surface area contributed by atoms with Gasteiger partial charge in [0.25, 0.3) is 0 Å². The number of urea groups is 1. The summed E-state index contributed by atoms with van der Waals surface area (Å²) < 4.78 is 5.36. The first-order valence-electron chi connectivity index (χ1n) is 10.1. The summed E-state index contributed by atoms with van der Waals surface area (Å²) in [6.45, 7) is 5.39. The maximum Gasteiger partial charge on any atom is 0.320 e. The zero-order chi connectivity index (χ0) is 21.1. The highest BCUT2D eigenvalue weighted by Crippen LogP contribution is 2.35. The Bertz CT molecular complexity index is 880. The lowest BCUT2D eigenvalue weighted by Gasteiger charge is -2.41. The van der Waals surface area contributed by atoms with Crippen molar-refractivity contribution in [1.29, 1.82) is 0 Å². The first-order chi connectivity index (χ1) is 14.5. The number of halogens is 3. The van der Waals surface area contributed by atoms with E-state index >= 15 is 0 Å². The van der Waals surface area contributed by atoms with Crippen LogP contribution in [0.15, 0.2) is 42.5 Å². The molecular weight excluding hydrogens is 445 g/mol. The number of benzene rings is 2. The third-order valence-corrected chi connectivity index (χ3v) is 6.49. The molecule has 0 radical (unpaired) electrons. The molecule has 0 saturated carbocycles. The summed E-state index contributed by atoms with van der Waals surface area (Å²) in [6, 6.07) is 13.5. The van der Waals surface area contributed by atoms with Crippen molar-refractivity contribution in [3.8, 4) is 0 Å². The van der Waals surface area contributed by atoms with Gasteiger partial charge in [-0.25, -0.2) is 4.79 Å². The molecule has 0 aromatic heterocycles. The highest BCUT2D eigenvalue weighted by Gasteiger charge is 2.31. The van der Waals surface area contributed by atoms with E-state index in [1.165, 1.54) is 0 Å². The fourth-order valence-corrected chi connectivity index (χ4v) is 4.72. The fraction of sp³-hybridized carbons (Fsp3) is 0.409. The van der Waals surface area contributed by atoms with E-state index in [-0.39, 0.29) is 12.1 Å². The quantitative estimate of drug-likeness (QED) is 0.649. The Morgan fingerprint density at radius 1 is 0.800 bits per heavy atom. The van der Waals surface area contributed by atoms with E-state index in [1.54, 1.807) is 6.07 Å². The SMILES string of the molecule is O=C(N1CCOCC1)N1CCN(C(c2ccc(Cl)cc2)c2ccc(Cl)cc2Cl)CC1. The summed E-state index contributed by atoms with van der Waals surface area (Å²) in [5, 5.41) is 1.94. The number of nitrogens with zero attached hydrogens (tertiary/aromatic N) is 3. The van der Waals surface area contributed by atoms with Crippen molar-refractivity contribution in [3.05, 3.63) is 68.7 Å². The van der Waals surface area contributed by atoms with E-state index < -0.39 is 0 Å². The second-order valence-electron chi connectivity index (χ2n) is 7.52. The minimum absolute atomic E-state index is 0.0346. The van der Waals surface area contributed by atoms with Crippen LogP contribution in [0.2, 0.25) is 15.1 Å².